The summed E-state index contributed by atoms with van der Waals surface area (Å²) in [6.45, 7) is 7.13. The maximum Gasteiger partial charge on any atom is 0.212 e. The van der Waals surface area contributed by atoms with Crippen LogP contribution in [-0.4, -0.2) is 15.0 Å². The van der Waals surface area contributed by atoms with Crippen molar-refractivity contribution in [2.45, 2.75) is 0 Å². The van der Waals surface area contributed by atoms with Gasteiger partial charge in [0, 0.05) is 30.5 Å². The van der Waals surface area contributed by atoms with E-state index in [0.29, 0.717) is 27.4 Å². The second-order valence-corrected chi connectivity index (χ2v) is 4.42. The summed E-state index contributed by atoms with van der Waals surface area (Å²) in [7, 11) is 0. The van der Waals surface area contributed by atoms with Crippen LogP contribution in [0.5, 0.6) is 0 Å². The first-order valence-corrected chi connectivity index (χ1v) is 6.14. The standard InChI is InChI=1S/C14H8ClN5/c1-16-11-2-3-17-8-13(11)20-9-6-10(15)14-12(7-9)18-4-5-19-14/h2-8,20H. The van der Waals surface area contributed by atoms with Gasteiger partial charge in [-0.05, 0) is 18.2 Å². The summed E-state index contributed by atoms with van der Waals surface area (Å²) in [6.07, 6.45) is 6.39. The molecule has 0 saturated heterocycles. The fraction of sp³-hybridized carbons (Fsp3) is 0. The van der Waals surface area contributed by atoms with Crippen LogP contribution in [0, 0.1) is 6.57 Å². The number of fused-ring (bicyclic) bond motifs is 1. The van der Waals surface area contributed by atoms with Crippen molar-refractivity contribution < 1.29 is 0 Å². The zero-order valence-corrected chi connectivity index (χ0v) is 11.0. The van der Waals surface area contributed by atoms with Crippen molar-refractivity contribution in [1.29, 1.82) is 0 Å². The SMILES string of the molecule is [C-]#[N+]c1ccncc1Nc1cc(Cl)c2nccnc2c1. The molecule has 0 unspecified atom stereocenters. The maximum atomic E-state index is 7.13. The van der Waals surface area contributed by atoms with E-state index in [0.717, 1.165) is 5.69 Å². The number of hydrogen-bond donors (Lipinski definition) is 1. The molecular formula is C14H8ClN5. The van der Waals surface area contributed by atoms with Gasteiger partial charge >= 0.3 is 0 Å². The molecule has 0 aliphatic rings. The van der Waals surface area contributed by atoms with Crippen LogP contribution in [0.15, 0.2) is 43.0 Å². The third-order valence-electron chi connectivity index (χ3n) is 2.72. The van der Waals surface area contributed by atoms with Crippen molar-refractivity contribution in [1.82, 2.24) is 15.0 Å². The van der Waals surface area contributed by atoms with Crippen molar-refractivity contribution in [3.63, 3.8) is 0 Å². The number of benzene rings is 1. The van der Waals surface area contributed by atoms with E-state index in [4.69, 9.17) is 18.2 Å². The lowest BCUT2D eigenvalue weighted by Gasteiger charge is -2.09. The highest BCUT2D eigenvalue weighted by molar-refractivity contribution is 6.35. The molecular weight excluding hydrogens is 274 g/mol. The van der Waals surface area contributed by atoms with Gasteiger partial charge in [-0.3, -0.25) is 15.0 Å². The molecule has 20 heavy (non-hydrogen) atoms. The minimum Gasteiger partial charge on any atom is -0.363 e. The molecule has 3 aromatic rings. The Labute approximate surface area is 120 Å². The van der Waals surface area contributed by atoms with Gasteiger partial charge in [-0.1, -0.05) is 11.6 Å². The van der Waals surface area contributed by atoms with E-state index in [-0.39, 0.29) is 0 Å². The fourth-order valence-electron chi connectivity index (χ4n) is 1.84. The number of anilines is 2. The molecule has 0 saturated carbocycles. The normalized spacial score (nSPS) is 10.2. The van der Waals surface area contributed by atoms with E-state index in [2.05, 4.69) is 25.1 Å². The van der Waals surface area contributed by atoms with Gasteiger partial charge in [-0.15, -0.1) is 0 Å². The molecule has 0 aliphatic carbocycles. The van der Waals surface area contributed by atoms with Crippen molar-refractivity contribution in [3.8, 4) is 0 Å². The van der Waals surface area contributed by atoms with Crippen LogP contribution in [0.4, 0.5) is 17.1 Å². The molecule has 0 fully saturated rings. The Morgan fingerprint density at radius 1 is 1.15 bits per heavy atom. The van der Waals surface area contributed by atoms with Crippen LogP contribution in [0.25, 0.3) is 15.9 Å². The molecule has 5 nitrogen and oxygen atoms in total. The number of pyridine rings is 1. The average Bonchev–Trinajstić information content (AvgIpc) is 2.48. The number of aromatic nitrogens is 3. The minimum absolute atomic E-state index is 0.496. The van der Waals surface area contributed by atoms with Gasteiger partial charge < -0.3 is 5.32 Å². The molecule has 3 rings (SSSR count). The zero-order valence-electron chi connectivity index (χ0n) is 10.2. The molecule has 1 N–H and O–H groups in total. The minimum atomic E-state index is 0.496. The monoisotopic (exact) mass is 281 g/mol. The number of nitrogens with one attached hydrogen (secondary N) is 1. The lowest BCUT2D eigenvalue weighted by molar-refractivity contribution is 1.29. The first-order valence-electron chi connectivity index (χ1n) is 5.76. The smallest absolute Gasteiger partial charge is 0.212 e. The number of nitrogens with zero attached hydrogens (tertiary/aromatic N) is 4. The summed E-state index contributed by atoms with van der Waals surface area (Å²) in [5.41, 5.74) is 3.20. The van der Waals surface area contributed by atoms with E-state index in [1.807, 2.05) is 6.07 Å². The van der Waals surface area contributed by atoms with Gasteiger partial charge in [0.2, 0.25) is 5.69 Å². The van der Waals surface area contributed by atoms with Crippen LogP contribution >= 0.6 is 11.6 Å². The Hall–Kier alpha value is -2.71. The summed E-state index contributed by atoms with van der Waals surface area (Å²) in [6, 6.07) is 5.23. The first-order chi connectivity index (χ1) is 9.78. The molecule has 2 aromatic heterocycles. The summed E-state index contributed by atoms with van der Waals surface area (Å²) < 4.78 is 0. The molecule has 0 radical (unpaired) electrons. The van der Waals surface area contributed by atoms with E-state index < -0.39 is 0 Å². The predicted octanol–water partition coefficient (Wildman–Crippen LogP) is 3.97. The molecule has 96 valence electrons. The van der Waals surface area contributed by atoms with Crippen molar-refractivity contribution in [2.24, 2.45) is 0 Å². The second-order valence-electron chi connectivity index (χ2n) is 4.01. The largest absolute Gasteiger partial charge is 0.363 e. The van der Waals surface area contributed by atoms with Crippen molar-refractivity contribution in [2.75, 3.05) is 5.32 Å². The third-order valence-corrected chi connectivity index (χ3v) is 3.01. The van der Waals surface area contributed by atoms with Crippen LogP contribution in [0.1, 0.15) is 0 Å². The lowest BCUT2D eigenvalue weighted by Crippen LogP contribution is -1.93. The maximum absolute atomic E-state index is 7.13. The van der Waals surface area contributed by atoms with Crippen LogP contribution in [-0.2, 0) is 0 Å². The summed E-state index contributed by atoms with van der Waals surface area (Å²) in [4.78, 5) is 15.8. The highest BCUT2D eigenvalue weighted by Gasteiger charge is 2.07. The van der Waals surface area contributed by atoms with E-state index in [1.54, 1.807) is 36.9 Å². The van der Waals surface area contributed by atoms with Gasteiger partial charge in [0.1, 0.15) is 5.52 Å². The average molecular weight is 282 g/mol. The van der Waals surface area contributed by atoms with Gasteiger partial charge in [-0.25, -0.2) is 4.85 Å². The molecule has 0 amide bonds. The van der Waals surface area contributed by atoms with Gasteiger partial charge in [-0.2, -0.15) is 0 Å². The fourth-order valence-corrected chi connectivity index (χ4v) is 2.10. The van der Waals surface area contributed by atoms with Gasteiger partial charge in [0.15, 0.2) is 0 Å². The Kier molecular flexibility index (Phi) is 3.15. The Bertz CT molecular complexity index is 825. The van der Waals surface area contributed by atoms with Crippen molar-refractivity contribution in [3.05, 3.63) is 59.4 Å². The Balaban J connectivity index is 2.05. The number of halogens is 1. The molecule has 6 heteroatoms. The molecule has 2 heterocycles. The third kappa shape index (κ3) is 2.25. The van der Waals surface area contributed by atoms with Gasteiger partial charge in [0.25, 0.3) is 0 Å². The summed E-state index contributed by atoms with van der Waals surface area (Å²) in [5, 5.41) is 3.63. The highest BCUT2D eigenvalue weighted by Crippen LogP contribution is 2.30. The van der Waals surface area contributed by atoms with Crippen molar-refractivity contribution >= 4 is 39.7 Å². The lowest BCUT2D eigenvalue weighted by atomic mass is 10.2. The predicted molar refractivity (Wildman–Crippen MR) is 78.3 cm³/mol. The summed E-state index contributed by atoms with van der Waals surface area (Å²) >= 11 is 6.18. The van der Waals surface area contributed by atoms with Crippen LogP contribution in [0.2, 0.25) is 5.02 Å². The van der Waals surface area contributed by atoms with Gasteiger partial charge in [0.05, 0.1) is 22.8 Å². The molecule has 0 atom stereocenters. The molecule has 0 spiro atoms. The van der Waals surface area contributed by atoms with Crippen LogP contribution < -0.4 is 5.32 Å². The number of hydrogen-bond acceptors (Lipinski definition) is 4. The second kappa shape index (κ2) is 5.11. The highest BCUT2D eigenvalue weighted by atomic mass is 35.5. The molecule has 0 bridgehead atoms. The van der Waals surface area contributed by atoms with E-state index in [9.17, 15) is 0 Å². The Morgan fingerprint density at radius 3 is 2.85 bits per heavy atom. The summed E-state index contributed by atoms with van der Waals surface area (Å²) in [5.74, 6) is 0. The molecule has 0 aliphatic heterocycles. The quantitative estimate of drug-likeness (QED) is 0.722. The van der Waals surface area contributed by atoms with E-state index in [1.165, 1.54) is 0 Å². The van der Waals surface area contributed by atoms with E-state index >= 15 is 0 Å². The first kappa shape index (κ1) is 12.3. The zero-order chi connectivity index (χ0) is 13.9. The molecule has 1 aromatic carbocycles. The number of rotatable bonds is 2. The topological polar surface area (TPSA) is 55.1 Å². The van der Waals surface area contributed by atoms with Crippen LogP contribution in [0.3, 0.4) is 0 Å². The Morgan fingerprint density at radius 2 is 2.00 bits per heavy atom.